The highest BCUT2D eigenvalue weighted by atomic mass is 19.4. The molecule has 0 aromatic carbocycles. The first-order valence-corrected chi connectivity index (χ1v) is 3.51. The molecule has 0 saturated heterocycles. The molecule has 1 N–H and O–H groups in total. The van der Waals surface area contributed by atoms with Gasteiger partial charge in [-0.2, -0.15) is 13.2 Å². The number of carbonyl (C=O) groups excluding carboxylic acids is 1. The van der Waals surface area contributed by atoms with Crippen molar-refractivity contribution < 1.29 is 27.9 Å². The minimum Gasteiger partial charge on any atom is -0.480 e. The van der Waals surface area contributed by atoms with Crippen molar-refractivity contribution in [2.24, 2.45) is 5.41 Å². The first-order valence-electron chi connectivity index (χ1n) is 3.51. The second kappa shape index (κ2) is 3.35. The third-order valence-corrected chi connectivity index (χ3v) is 1.94. The second-order valence-electron chi connectivity index (χ2n) is 2.82. The number of alkyl halides is 3. The Hall–Kier alpha value is -1.07. The van der Waals surface area contributed by atoms with E-state index in [9.17, 15) is 22.8 Å². The van der Waals surface area contributed by atoms with Gasteiger partial charge in [0.1, 0.15) is 5.41 Å². The maximum Gasteiger partial charge on any atom is 0.451 e. The van der Waals surface area contributed by atoms with Crippen molar-refractivity contribution in [2.75, 3.05) is 0 Å². The highest BCUT2D eigenvalue weighted by Gasteiger charge is 2.53. The van der Waals surface area contributed by atoms with E-state index in [-0.39, 0.29) is 6.42 Å². The first kappa shape index (κ1) is 11.9. The topological polar surface area (TPSA) is 54.4 Å². The van der Waals surface area contributed by atoms with Crippen molar-refractivity contribution in [3.63, 3.8) is 0 Å². The van der Waals surface area contributed by atoms with Crippen LogP contribution in [0.1, 0.15) is 20.3 Å². The van der Waals surface area contributed by atoms with Crippen LogP contribution in [0.3, 0.4) is 0 Å². The third-order valence-electron chi connectivity index (χ3n) is 1.94. The number of carboxylic acid groups (broad SMARTS) is 1. The number of carbonyl (C=O) groups is 2. The number of hydrogen-bond acceptors (Lipinski definition) is 2. The fourth-order valence-corrected chi connectivity index (χ4v) is 0.722. The van der Waals surface area contributed by atoms with Crippen LogP contribution in [-0.4, -0.2) is 23.0 Å². The maximum absolute atomic E-state index is 11.9. The van der Waals surface area contributed by atoms with Crippen molar-refractivity contribution >= 4 is 11.8 Å². The van der Waals surface area contributed by atoms with Gasteiger partial charge in [0.25, 0.3) is 5.78 Å². The van der Waals surface area contributed by atoms with E-state index >= 15 is 0 Å². The van der Waals surface area contributed by atoms with Crippen LogP contribution >= 0.6 is 0 Å². The van der Waals surface area contributed by atoms with Gasteiger partial charge in [-0.3, -0.25) is 9.59 Å². The quantitative estimate of drug-likeness (QED) is 0.701. The summed E-state index contributed by atoms with van der Waals surface area (Å²) < 4.78 is 35.6. The molecule has 0 rings (SSSR count). The van der Waals surface area contributed by atoms with Gasteiger partial charge in [-0.1, -0.05) is 6.92 Å². The van der Waals surface area contributed by atoms with E-state index in [0.29, 0.717) is 0 Å². The fraction of sp³-hybridized carbons (Fsp3) is 0.714. The van der Waals surface area contributed by atoms with Crippen molar-refractivity contribution in [1.82, 2.24) is 0 Å². The molecule has 0 spiro atoms. The summed E-state index contributed by atoms with van der Waals surface area (Å²) >= 11 is 0. The molecular weight excluding hydrogens is 189 g/mol. The van der Waals surface area contributed by atoms with Crippen LogP contribution in [0.4, 0.5) is 13.2 Å². The molecule has 0 radical (unpaired) electrons. The number of aliphatic carboxylic acids is 1. The summed E-state index contributed by atoms with van der Waals surface area (Å²) in [6, 6.07) is 0. The van der Waals surface area contributed by atoms with E-state index in [1.54, 1.807) is 0 Å². The van der Waals surface area contributed by atoms with Crippen molar-refractivity contribution in [2.45, 2.75) is 26.4 Å². The molecule has 0 aromatic rings. The van der Waals surface area contributed by atoms with Gasteiger partial charge in [0, 0.05) is 0 Å². The summed E-state index contributed by atoms with van der Waals surface area (Å²) in [6.45, 7) is 1.99. The normalized spacial score (nSPS) is 16.4. The van der Waals surface area contributed by atoms with Gasteiger partial charge in [-0.25, -0.2) is 0 Å². The van der Waals surface area contributed by atoms with Crippen LogP contribution in [0.5, 0.6) is 0 Å². The lowest BCUT2D eigenvalue weighted by molar-refractivity contribution is -0.187. The molecule has 0 amide bonds. The highest BCUT2D eigenvalue weighted by molar-refractivity contribution is 6.05. The Bertz CT molecular complexity index is 234. The number of rotatable bonds is 3. The van der Waals surface area contributed by atoms with Crippen LogP contribution in [0, 0.1) is 5.41 Å². The molecular formula is C7H9F3O3. The number of halogens is 3. The number of hydrogen-bond donors (Lipinski definition) is 1. The largest absolute Gasteiger partial charge is 0.480 e. The van der Waals surface area contributed by atoms with Crippen LogP contribution in [0.2, 0.25) is 0 Å². The van der Waals surface area contributed by atoms with Crippen molar-refractivity contribution in [3.05, 3.63) is 0 Å². The fourth-order valence-electron chi connectivity index (χ4n) is 0.722. The molecule has 0 aliphatic rings. The lowest BCUT2D eigenvalue weighted by atomic mass is 9.83. The summed E-state index contributed by atoms with van der Waals surface area (Å²) in [5.74, 6) is -3.97. The van der Waals surface area contributed by atoms with Gasteiger partial charge < -0.3 is 5.11 Å². The van der Waals surface area contributed by atoms with Crippen LogP contribution in [-0.2, 0) is 9.59 Å². The third kappa shape index (κ3) is 2.19. The van der Waals surface area contributed by atoms with Gasteiger partial charge >= 0.3 is 12.1 Å². The molecule has 13 heavy (non-hydrogen) atoms. The van der Waals surface area contributed by atoms with Gasteiger partial charge in [-0.05, 0) is 13.3 Å². The van der Waals surface area contributed by atoms with Crippen LogP contribution in [0.15, 0.2) is 0 Å². The summed E-state index contributed by atoms with van der Waals surface area (Å²) in [7, 11) is 0. The second-order valence-corrected chi connectivity index (χ2v) is 2.82. The van der Waals surface area contributed by atoms with Crippen molar-refractivity contribution in [3.8, 4) is 0 Å². The Balaban J connectivity index is 5.01. The molecule has 3 nitrogen and oxygen atoms in total. The molecule has 1 atom stereocenters. The SMILES string of the molecule is CCC(C)(C(=O)O)C(=O)C(F)(F)F. The molecule has 0 aliphatic carbocycles. The van der Waals surface area contributed by atoms with Crippen molar-refractivity contribution in [1.29, 1.82) is 0 Å². The Morgan fingerprint density at radius 2 is 1.69 bits per heavy atom. The predicted molar refractivity (Wildman–Crippen MR) is 37.1 cm³/mol. The average molecular weight is 198 g/mol. The zero-order valence-electron chi connectivity index (χ0n) is 7.10. The van der Waals surface area contributed by atoms with Crippen LogP contribution in [0.25, 0.3) is 0 Å². The number of ketones is 1. The zero-order valence-corrected chi connectivity index (χ0v) is 7.10. The zero-order chi connectivity index (χ0) is 10.9. The Labute approximate surface area is 72.5 Å². The smallest absolute Gasteiger partial charge is 0.451 e. The van der Waals surface area contributed by atoms with E-state index in [1.807, 2.05) is 0 Å². The number of carboxylic acids is 1. The van der Waals surface area contributed by atoms with E-state index in [0.717, 1.165) is 6.92 Å². The number of Topliss-reactive ketones (excluding diaryl/α,β-unsaturated/α-hetero) is 1. The minimum absolute atomic E-state index is 0.388. The van der Waals surface area contributed by atoms with E-state index in [1.165, 1.54) is 6.92 Å². The molecule has 0 aliphatic heterocycles. The van der Waals surface area contributed by atoms with Gasteiger partial charge in [0.15, 0.2) is 0 Å². The molecule has 0 bridgehead atoms. The summed E-state index contributed by atoms with van der Waals surface area (Å²) in [4.78, 5) is 21.1. The van der Waals surface area contributed by atoms with Crippen LogP contribution < -0.4 is 0 Å². The van der Waals surface area contributed by atoms with Gasteiger partial charge in [-0.15, -0.1) is 0 Å². The molecule has 0 aromatic heterocycles. The maximum atomic E-state index is 11.9. The molecule has 0 fully saturated rings. The lowest BCUT2D eigenvalue weighted by Gasteiger charge is -2.22. The predicted octanol–water partition coefficient (Wildman–Crippen LogP) is 1.62. The highest BCUT2D eigenvalue weighted by Crippen LogP contribution is 2.32. The summed E-state index contributed by atoms with van der Waals surface area (Å²) in [5, 5.41) is 8.45. The first-order chi connectivity index (χ1) is 5.66. The molecule has 1 unspecified atom stereocenters. The molecule has 0 saturated carbocycles. The Kier molecular flexibility index (Phi) is 3.08. The van der Waals surface area contributed by atoms with E-state index in [2.05, 4.69) is 0 Å². The molecule has 0 heterocycles. The van der Waals surface area contributed by atoms with E-state index in [4.69, 9.17) is 5.11 Å². The Morgan fingerprint density at radius 3 is 1.77 bits per heavy atom. The Morgan fingerprint density at radius 1 is 1.31 bits per heavy atom. The minimum atomic E-state index is -5.09. The molecule has 6 heteroatoms. The monoisotopic (exact) mass is 198 g/mol. The van der Waals surface area contributed by atoms with Gasteiger partial charge in [0.05, 0.1) is 0 Å². The average Bonchev–Trinajstić information content (AvgIpc) is 1.99. The lowest BCUT2D eigenvalue weighted by Crippen LogP contribution is -2.44. The summed E-state index contributed by atoms with van der Waals surface area (Å²) in [6.07, 6.45) is -5.48. The van der Waals surface area contributed by atoms with Gasteiger partial charge in [0.2, 0.25) is 0 Å². The van der Waals surface area contributed by atoms with E-state index < -0.39 is 23.3 Å². The summed E-state index contributed by atoms with van der Waals surface area (Å²) in [5.41, 5.74) is -2.36. The molecule has 76 valence electrons. The standard InChI is InChI=1S/C7H9F3O3/c1-3-6(2,5(12)13)4(11)7(8,9)10/h3H2,1-2H3,(H,12,13).